The van der Waals surface area contributed by atoms with Crippen LogP contribution in [0, 0.1) is 0 Å². The molecule has 4 heteroatoms. The number of hydrogen-bond acceptors (Lipinski definition) is 4. The van der Waals surface area contributed by atoms with Crippen LogP contribution in [0.4, 0.5) is 5.82 Å². The van der Waals surface area contributed by atoms with Crippen LogP contribution in [0.1, 0.15) is 12.5 Å². The Labute approximate surface area is 95.6 Å². The Bertz CT molecular complexity index is 264. The molecule has 0 saturated carbocycles. The third kappa shape index (κ3) is 5.04. The summed E-state index contributed by atoms with van der Waals surface area (Å²) < 4.78 is 4.98. The second-order valence-corrected chi connectivity index (χ2v) is 4.23. The van der Waals surface area contributed by atoms with Gasteiger partial charge in [-0.25, -0.2) is 4.98 Å². The van der Waals surface area contributed by atoms with Crippen molar-refractivity contribution in [2.75, 3.05) is 31.3 Å². The molecule has 0 spiro atoms. The van der Waals surface area contributed by atoms with Crippen LogP contribution in [0.5, 0.6) is 0 Å². The van der Waals surface area contributed by atoms with Crippen LogP contribution in [-0.2, 0) is 10.5 Å². The molecular weight excluding hydrogens is 208 g/mol. The SMILES string of the molecule is CCNc1ccc(CSCCOC)cn1. The molecule has 0 amide bonds. The van der Waals surface area contributed by atoms with E-state index in [-0.39, 0.29) is 0 Å². The van der Waals surface area contributed by atoms with Crippen molar-refractivity contribution in [3.8, 4) is 0 Å². The number of anilines is 1. The van der Waals surface area contributed by atoms with Crippen LogP contribution in [0.15, 0.2) is 18.3 Å². The van der Waals surface area contributed by atoms with Gasteiger partial charge in [0, 0.05) is 31.4 Å². The van der Waals surface area contributed by atoms with Crippen LogP contribution in [-0.4, -0.2) is 31.0 Å². The summed E-state index contributed by atoms with van der Waals surface area (Å²) in [5.41, 5.74) is 1.26. The van der Waals surface area contributed by atoms with Gasteiger partial charge in [-0.05, 0) is 18.6 Å². The molecule has 0 saturated heterocycles. The fourth-order valence-corrected chi connectivity index (χ4v) is 1.96. The minimum absolute atomic E-state index is 0.813. The number of ether oxygens (including phenoxy) is 1. The Kier molecular flexibility index (Phi) is 6.20. The van der Waals surface area contributed by atoms with E-state index in [1.165, 1.54) is 5.56 Å². The first-order valence-corrected chi connectivity index (χ1v) is 6.27. The van der Waals surface area contributed by atoms with E-state index in [4.69, 9.17) is 4.74 Å². The fourth-order valence-electron chi connectivity index (χ4n) is 1.13. The van der Waals surface area contributed by atoms with E-state index in [0.29, 0.717) is 0 Å². The molecule has 0 aliphatic heterocycles. The fraction of sp³-hybridized carbons (Fsp3) is 0.545. The molecule has 1 heterocycles. The standard InChI is InChI=1S/C11H18N2OS/c1-3-12-11-5-4-10(8-13-11)9-15-7-6-14-2/h4-5,8H,3,6-7,9H2,1-2H3,(H,12,13). The Morgan fingerprint density at radius 2 is 2.33 bits per heavy atom. The molecule has 1 N–H and O–H groups in total. The molecule has 15 heavy (non-hydrogen) atoms. The second-order valence-electron chi connectivity index (χ2n) is 3.13. The lowest BCUT2D eigenvalue weighted by molar-refractivity contribution is 0.218. The summed E-state index contributed by atoms with van der Waals surface area (Å²) in [6, 6.07) is 4.14. The maximum Gasteiger partial charge on any atom is 0.125 e. The number of methoxy groups -OCH3 is 1. The van der Waals surface area contributed by atoms with Crippen molar-refractivity contribution in [1.82, 2.24) is 4.98 Å². The molecule has 0 atom stereocenters. The van der Waals surface area contributed by atoms with Crippen molar-refractivity contribution in [2.45, 2.75) is 12.7 Å². The summed E-state index contributed by atoms with van der Waals surface area (Å²) in [6.07, 6.45) is 1.93. The van der Waals surface area contributed by atoms with Crippen molar-refractivity contribution in [2.24, 2.45) is 0 Å². The summed E-state index contributed by atoms with van der Waals surface area (Å²) >= 11 is 1.86. The van der Waals surface area contributed by atoms with Gasteiger partial charge >= 0.3 is 0 Å². The summed E-state index contributed by atoms with van der Waals surface area (Å²) in [7, 11) is 1.73. The summed E-state index contributed by atoms with van der Waals surface area (Å²) in [6.45, 7) is 3.79. The number of hydrogen-bond donors (Lipinski definition) is 1. The maximum atomic E-state index is 4.98. The monoisotopic (exact) mass is 226 g/mol. The normalized spacial score (nSPS) is 10.3. The van der Waals surface area contributed by atoms with E-state index in [2.05, 4.69) is 23.3 Å². The molecule has 1 rings (SSSR count). The third-order valence-corrected chi connectivity index (χ3v) is 2.88. The highest BCUT2D eigenvalue weighted by Crippen LogP contribution is 2.12. The molecule has 1 aromatic heterocycles. The minimum Gasteiger partial charge on any atom is -0.384 e. The largest absolute Gasteiger partial charge is 0.384 e. The Morgan fingerprint density at radius 1 is 1.47 bits per heavy atom. The van der Waals surface area contributed by atoms with Gasteiger partial charge in [-0.15, -0.1) is 0 Å². The molecule has 0 fully saturated rings. The summed E-state index contributed by atoms with van der Waals surface area (Å²) in [4.78, 5) is 4.31. The Hall–Kier alpha value is -0.740. The van der Waals surface area contributed by atoms with Gasteiger partial charge in [0.2, 0.25) is 0 Å². The summed E-state index contributed by atoms with van der Waals surface area (Å²) in [5, 5.41) is 3.17. The maximum absolute atomic E-state index is 4.98. The van der Waals surface area contributed by atoms with Crippen LogP contribution >= 0.6 is 11.8 Å². The van der Waals surface area contributed by atoms with Crippen molar-refractivity contribution < 1.29 is 4.74 Å². The smallest absolute Gasteiger partial charge is 0.125 e. The molecule has 0 bridgehead atoms. The highest BCUT2D eigenvalue weighted by molar-refractivity contribution is 7.98. The first-order chi connectivity index (χ1) is 7.36. The van der Waals surface area contributed by atoms with Crippen LogP contribution in [0.25, 0.3) is 0 Å². The highest BCUT2D eigenvalue weighted by Gasteiger charge is 1.95. The van der Waals surface area contributed by atoms with Gasteiger partial charge in [0.15, 0.2) is 0 Å². The molecular formula is C11H18N2OS. The lowest BCUT2D eigenvalue weighted by Gasteiger charge is -2.04. The molecule has 3 nitrogen and oxygen atoms in total. The minimum atomic E-state index is 0.813. The second kappa shape index (κ2) is 7.54. The van der Waals surface area contributed by atoms with E-state index < -0.39 is 0 Å². The number of rotatable bonds is 7. The Balaban J connectivity index is 2.29. The summed E-state index contributed by atoms with van der Waals surface area (Å²) in [5.74, 6) is 2.98. The zero-order valence-electron chi connectivity index (χ0n) is 9.32. The lowest BCUT2D eigenvalue weighted by Crippen LogP contribution is -1.99. The van der Waals surface area contributed by atoms with Crippen molar-refractivity contribution >= 4 is 17.6 Å². The van der Waals surface area contributed by atoms with Crippen molar-refractivity contribution in [3.63, 3.8) is 0 Å². The zero-order chi connectivity index (χ0) is 10.9. The Morgan fingerprint density at radius 3 is 2.93 bits per heavy atom. The first-order valence-electron chi connectivity index (χ1n) is 5.12. The number of pyridine rings is 1. The average molecular weight is 226 g/mol. The van der Waals surface area contributed by atoms with Gasteiger partial charge < -0.3 is 10.1 Å². The van der Waals surface area contributed by atoms with Gasteiger partial charge in [0.1, 0.15) is 5.82 Å². The van der Waals surface area contributed by atoms with Gasteiger partial charge in [-0.1, -0.05) is 6.07 Å². The number of nitrogens with zero attached hydrogens (tertiary/aromatic N) is 1. The van der Waals surface area contributed by atoms with E-state index in [0.717, 1.165) is 30.5 Å². The topological polar surface area (TPSA) is 34.1 Å². The first kappa shape index (κ1) is 12.3. The zero-order valence-corrected chi connectivity index (χ0v) is 10.1. The number of aromatic nitrogens is 1. The molecule has 1 aromatic rings. The van der Waals surface area contributed by atoms with E-state index in [1.807, 2.05) is 24.0 Å². The molecule has 0 radical (unpaired) electrons. The number of nitrogens with one attached hydrogen (secondary N) is 1. The van der Waals surface area contributed by atoms with Gasteiger partial charge in [0.25, 0.3) is 0 Å². The molecule has 0 aliphatic rings. The predicted molar refractivity (Wildman–Crippen MR) is 66.4 cm³/mol. The van der Waals surface area contributed by atoms with Gasteiger partial charge in [-0.3, -0.25) is 0 Å². The predicted octanol–water partition coefficient (Wildman–Crippen LogP) is 2.39. The third-order valence-electron chi connectivity index (χ3n) is 1.88. The molecule has 0 aromatic carbocycles. The van der Waals surface area contributed by atoms with E-state index in [9.17, 15) is 0 Å². The van der Waals surface area contributed by atoms with Crippen molar-refractivity contribution in [1.29, 1.82) is 0 Å². The average Bonchev–Trinajstić information content (AvgIpc) is 2.27. The van der Waals surface area contributed by atoms with Gasteiger partial charge in [0.05, 0.1) is 6.61 Å². The molecule has 84 valence electrons. The number of thioether (sulfide) groups is 1. The van der Waals surface area contributed by atoms with Crippen LogP contribution in [0.2, 0.25) is 0 Å². The van der Waals surface area contributed by atoms with Gasteiger partial charge in [-0.2, -0.15) is 11.8 Å². The van der Waals surface area contributed by atoms with Crippen LogP contribution in [0.3, 0.4) is 0 Å². The van der Waals surface area contributed by atoms with Crippen LogP contribution < -0.4 is 5.32 Å². The highest BCUT2D eigenvalue weighted by atomic mass is 32.2. The quantitative estimate of drug-likeness (QED) is 0.724. The van der Waals surface area contributed by atoms with E-state index in [1.54, 1.807) is 7.11 Å². The van der Waals surface area contributed by atoms with Crippen molar-refractivity contribution in [3.05, 3.63) is 23.9 Å². The molecule has 0 aliphatic carbocycles. The van der Waals surface area contributed by atoms with E-state index >= 15 is 0 Å². The molecule has 0 unspecified atom stereocenters. The lowest BCUT2D eigenvalue weighted by atomic mass is 10.3.